The van der Waals surface area contributed by atoms with Crippen LogP contribution in [0, 0.1) is 24.4 Å². The highest BCUT2D eigenvalue weighted by atomic mass is 35.5. The molecule has 0 saturated heterocycles. The summed E-state index contributed by atoms with van der Waals surface area (Å²) in [7, 11) is 0. The smallest absolute Gasteiger partial charge is 0.255 e. The fraction of sp³-hybridized carbons (Fsp3) is 0.0714. The predicted octanol–water partition coefficient (Wildman–Crippen LogP) is 4.32. The van der Waals surface area contributed by atoms with Crippen molar-refractivity contribution >= 4 is 23.2 Å². The summed E-state index contributed by atoms with van der Waals surface area (Å²) in [5, 5.41) is 2.70. The fourth-order valence-corrected chi connectivity index (χ4v) is 1.78. The van der Waals surface area contributed by atoms with Crippen molar-refractivity contribution in [1.82, 2.24) is 0 Å². The zero-order valence-corrected chi connectivity index (χ0v) is 11.1. The molecule has 2 nitrogen and oxygen atoms in total. The molecule has 0 aliphatic rings. The van der Waals surface area contributed by atoms with E-state index in [1.807, 2.05) is 0 Å². The van der Waals surface area contributed by atoms with E-state index in [4.69, 9.17) is 11.6 Å². The van der Waals surface area contributed by atoms with E-state index in [9.17, 15) is 18.0 Å². The molecule has 0 fully saturated rings. The number of aryl methyl sites for hydroxylation is 1. The number of benzene rings is 2. The fourth-order valence-electron chi connectivity index (χ4n) is 1.62. The minimum atomic E-state index is -1.62. The molecule has 1 N–H and O–H groups in total. The third-order valence-electron chi connectivity index (χ3n) is 2.62. The van der Waals surface area contributed by atoms with Crippen LogP contribution in [-0.2, 0) is 0 Å². The molecule has 0 aliphatic carbocycles. The molecule has 0 atom stereocenters. The summed E-state index contributed by atoms with van der Waals surface area (Å²) < 4.78 is 38.9. The van der Waals surface area contributed by atoms with Gasteiger partial charge in [0.1, 0.15) is 0 Å². The Kier molecular flexibility index (Phi) is 3.99. The lowest BCUT2D eigenvalue weighted by Gasteiger charge is -2.08. The monoisotopic (exact) mass is 299 g/mol. The standard InChI is InChI=1S/C14H9ClF3NO/c1-7-2-3-9(15)12(4-7)19-14(20)8-5-10(16)13(18)11(17)6-8/h2-6H,1H3,(H,19,20). The first kappa shape index (κ1) is 14.4. The highest BCUT2D eigenvalue weighted by Crippen LogP contribution is 2.23. The van der Waals surface area contributed by atoms with E-state index < -0.39 is 23.4 Å². The maximum Gasteiger partial charge on any atom is 0.255 e. The largest absolute Gasteiger partial charge is 0.321 e. The van der Waals surface area contributed by atoms with Crippen molar-refractivity contribution in [2.75, 3.05) is 5.32 Å². The molecule has 104 valence electrons. The summed E-state index contributed by atoms with van der Waals surface area (Å²) in [6.45, 7) is 1.79. The number of nitrogens with one attached hydrogen (secondary N) is 1. The summed E-state index contributed by atoms with van der Waals surface area (Å²) in [4.78, 5) is 11.9. The average molecular weight is 300 g/mol. The first-order chi connectivity index (χ1) is 9.38. The molecule has 0 unspecified atom stereocenters. The minimum absolute atomic E-state index is 0.284. The molecule has 0 spiro atoms. The van der Waals surface area contributed by atoms with Crippen LogP contribution < -0.4 is 5.32 Å². The Balaban J connectivity index is 2.31. The summed E-state index contributed by atoms with van der Waals surface area (Å²) in [5.41, 5.74) is 0.821. The molecule has 20 heavy (non-hydrogen) atoms. The van der Waals surface area contributed by atoms with Crippen molar-refractivity contribution in [2.24, 2.45) is 0 Å². The molecule has 0 saturated carbocycles. The highest BCUT2D eigenvalue weighted by Gasteiger charge is 2.16. The van der Waals surface area contributed by atoms with Crippen LogP contribution in [0.15, 0.2) is 30.3 Å². The van der Waals surface area contributed by atoms with Crippen LogP contribution in [0.5, 0.6) is 0 Å². The van der Waals surface area contributed by atoms with Crippen molar-refractivity contribution in [2.45, 2.75) is 6.92 Å². The maximum atomic E-state index is 13.1. The number of halogens is 4. The van der Waals surface area contributed by atoms with Crippen LogP contribution >= 0.6 is 11.6 Å². The molecule has 0 radical (unpaired) electrons. The van der Waals surface area contributed by atoms with Gasteiger partial charge in [-0.1, -0.05) is 17.7 Å². The van der Waals surface area contributed by atoms with E-state index in [-0.39, 0.29) is 10.6 Å². The first-order valence-corrected chi connectivity index (χ1v) is 5.98. The number of hydrogen-bond donors (Lipinski definition) is 1. The van der Waals surface area contributed by atoms with Gasteiger partial charge in [0.15, 0.2) is 17.5 Å². The van der Waals surface area contributed by atoms with Crippen molar-refractivity contribution in [1.29, 1.82) is 0 Å². The second kappa shape index (κ2) is 5.54. The number of carbonyl (C=O) groups is 1. The van der Waals surface area contributed by atoms with E-state index in [2.05, 4.69) is 5.32 Å². The third-order valence-corrected chi connectivity index (χ3v) is 2.95. The molecule has 0 aromatic heterocycles. The Labute approximate surface area is 118 Å². The Bertz CT molecular complexity index is 665. The molecule has 2 aromatic rings. The minimum Gasteiger partial charge on any atom is -0.321 e. The first-order valence-electron chi connectivity index (χ1n) is 5.60. The Morgan fingerprint density at radius 2 is 1.70 bits per heavy atom. The van der Waals surface area contributed by atoms with E-state index in [1.165, 1.54) is 0 Å². The molecule has 0 aliphatic heterocycles. The van der Waals surface area contributed by atoms with Gasteiger partial charge < -0.3 is 5.32 Å². The molecule has 0 bridgehead atoms. The molecule has 2 aromatic carbocycles. The maximum absolute atomic E-state index is 13.1. The Hall–Kier alpha value is -2.01. The van der Waals surface area contributed by atoms with Crippen LogP contribution in [0.2, 0.25) is 5.02 Å². The number of rotatable bonds is 2. The van der Waals surface area contributed by atoms with Gasteiger partial charge in [0.05, 0.1) is 10.7 Å². The number of carbonyl (C=O) groups excluding carboxylic acids is 1. The van der Waals surface area contributed by atoms with Gasteiger partial charge in [-0.05, 0) is 36.8 Å². The molecule has 2 rings (SSSR count). The summed E-state index contributed by atoms with van der Waals surface area (Å²) in [5.74, 6) is -5.25. The van der Waals surface area contributed by atoms with Crippen LogP contribution in [0.25, 0.3) is 0 Å². The van der Waals surface area contributed by atoms with E-state index in [0.29, 0.717) is 17.8 Å². The number of anilines is 1. The molecule has 1 amide bonds. The second-order valence-electron chi connectivity index (χ2n) is 4.19. The van der Waals surface area contributed by atoms with Gasteiger partial charge in [-0.15, -0.1) is 0 Å². The predicted molar refractivity (Wildman–Crippen MR) is 70.5 cm³/mol. The van der Waals surface area contributed by atoms with Crippen LogP contribution in [0.1, 0.15) is 15.9 Å². The lowest BCUT2D eigenvalue weighted by Crippen LogP contribution is -2.13. The van der Waals surface area contributed by atoms with Gasteiger partial charge >= 0.3 is 0 Å². The lowest BCUT2D eigenvalue weighted by molar-refractivity contribution is 0.102. The molecular weight excluding hydrogens is 291 g/mol. The van der Waals surface area contributed by atoms with Crippen LogP contribution in [-0.4, -0.2) is 5.91 Å². The van der Waals surface area contributed by atoms with Crippen molar-refractivity contribution in [3.8, 4) is 0 Å². The van der Waals surface area contributed by atoms with Gasteiger partial charge in [0.2, 0.25) is 0 Å². The van der Waals surface area contributed by atoms with Crippen LogP contribution in [0.3, 0.4) is 0 Å². The number of amides is 1. The van der Waals surface area contributed by atoms with Crippen molar-refractivity contribution < 1.29 is 18.0 Å². The molecular formula is C14H9ClF3NO. The molecule has 6 heteroatoms. The van der Waals surface area contributed by atoms with Gasteiger partial charge in [0, 0.05) is 5.56 Å². The zero-order chi connectivity index (χ0) is 14.9. The van der Waals surface area contributed by atoms with Crippen LogP contribution in [0.4, 0.5) is 18.9 Å². The molecule has 0 heterocycles. The lowest BCUT2D eigenvalue weighted by atomic mass is 10.1. The van der Waals surface area contributed by atoms with Gasteiger partial charge in [-0.2, -0.15) is 0 Å². The summed E-state index contributed by atoms with van der Waals surface area (Å²) >= 11 is 5.89. The Morgan fingerprint density at radius 3 is 2.30 bits per heavy atom. The average Bonchev–Trinajstić information content (AvgIpc) is 2.39. The normalized spacial score (nSPS) is 10.4. The van der Waals surface area contributed by atoms with Crippen molar-refractivity contribution in [3.63, 3.8) is 0 Å². The van der Waals surface area contributed by atoms with E-state index >= 15 is 0 Å². The second-order valence-corrected chi connectivity index (χ2v) is 4.60. The summed E-state index contributed by atoms with van der Waals surface area (Å²) in [6, 6.07) is 6.18. The van der Waals surface area contributed by atoms with Gasteiger partial charge in [-0.25, -0.2) is 13.2 Å². The Morgan fingerprint density at radius 1 is 1.10 bits per heavy atom. The van der Waals surface area contributed by atoms with E-state index in [0.717, 1.165) is 5.56 Å². The van der Waals surface area contributed by atoms with Gasteiger partial charge in [0.25, 0.3) is 5.91 Å². The topological polar surface area (TPSA) is 29.1 Å². The quantitative estimate of drug-likeness (QED) is 0.822. The number of hydrogen-bond acceptors (Lipinski definition) is 1. The van der Waals surface area contributed by atoms with E-state index in [1.54, 1.807) is 25.1 Å². The zero-order valence-electron chi connectivity index (χ0n) is 10.3. The SMILES string of the molecule is Cc1ccc(Cl)c(NC(=O)c2cc(F)c(F)c(F)c2)c1. The van der Waals surface area contributed by atoms with Crippen molar-refractivity contribution in [3.05, 3.63) is 63.9 Å². The third kappa shape index (κ3) is 2.93. The van der Waals surface area contributed by atoms with Gasteiger partial charge in [-0.3, -0.25) is 4.79 Å². The summed E-state index contributed by atoms with van der Waals surface area (Å²) in [6.07, 6.45) is 0. The highest BCUT2D eigenvalue weighted by molar-refractivity contribution is 6.33.